The molecule has 0 bridgehead atoms. The van der Waals surface area contributed by atoms with Crippen LogP contribution in [0, 0.1) is 5.92 Å². The molecule has 150 valence electrons. The van der Waals surface area contributed by atoms with E-state index in [1.807, 2.05) is 13.1 Å². The third-order valence-corrected chi connectivity index (χ3v) is 5.97. The lowest BCUT2D eigenvalue weighted by Crippen LogP contribution is -2.48. The molecule has 0 radical (unpaired) electrons. The molecule has 0 aliphatic carbocycles. The summed E-state index contributed by atoms with van der Waals surface area (Å²) in [6.07, 6.45) is 4.31. The van der Waals surface area contributed by atoms with E-state index in [2.05, 4.69) is 41.6 Å². The second-order valence-electron chi connectivity index (χ2n) is 7.45. The minimum absolute atomic E-state index is 0.00572. The lowest BCUT2D eigenvalue weighted by Gasteiger charge is -2.38. The first-order valence-electron chi connectivity index (χ1n) is 10.1. The van der Waals surface area contributed by atoms with Crippen LogP contribution in [-0.4, -0.2) is 46.1 Å². The maximum atomic E-state index is 5.65. The van der Waals surface area contributed by atoms with E-state index in [1.54, 1.807) is 0 Å². The van der Waals surface area contributed by atoms with Crippen LogP contribution in [-0.2, 0) is 10.2 Å². The van der Waals surface area contributed by atoms with Crippen LogP contribution in [0.1, 0.15) is 45.1 Å². The van der Waals surface area contributed by atoms with Gasteiger partial charge < -0.3 is 24.8 Å². The zero-order chi connectivity index (χ0) is 19.1. The summed E-state index contributed by atoms with van der Waals surface area (Å²) in [5.74, 6) is 3.22. The fourth-order valence-electron chi connectivity index (χ4n) is 3.85. The second-order valence-corrected chi connectivity index (χ2v) is 7.45. The summed E-state index contributed by atoms with van der Waals surface area (Å²) in [6, 6.07) is 6.33. The fraction of sp³-hybridized carbons (Fsp3) is 0.667. The van der Waals surface area contributed by atoms with Crippen LogP contribution in [0.5, 0.6) is 11.5 Å². The van der Waals surface area contributed by atoms with Gasteiger partial charge >= 0.3 is 0 Å². The first kappa shape index (κ1) is 19.8. The van der Waals surface area contributed by atoms with Crippen molar-refractivity contribution in [3.63, 3.8) is 0 Å². The summed E-state index contributed by atoms with van der Waals surface area (Å²) < 4.78 is 16.7. The normalized spacial score (nSPS) is 18.6. The summed E-state index contributed by atoms with van der Waals surface area (Å²) >= 11 is 0. The quantitative estimate of drug-likeness (QED) is 0.566. The van der Waals surface area contributed by atoms with Gasteiger partial charge in [0.2, 0.25) is 6.79 Å². The van der Waals surface area contributed by atoms with Gasteiger partial charge in [0.05, 0.1) is 0 Å². The molecule has 0 amide bonds. The van der Waals surface area contributed by atoms with Gasteiger partial charge in [0.15, 0.2) is 17.5 Å². The average molecular weight is 376 g/mol. The van der Waals surface area contributed by atoms with Gasteiger partial charge in [-0.1, -0.05) is 32.8 Å². The Morgan fingerprint density at radius 2 is 1.85 bits per heavy atom. The zero-order valence-corrected chi connectivity index (χ0v) is 16.8. The van der Waals surface area contributed by atoms with Gasteiger partial charge in [-0.2, -0.15) is 0 Å². The fourth-order valence-corrected chi connectivity index (χ4v) is 3.85. The van der Waals surface area contributed by atoms with Crippen molar-refractivity contribution in [3.8, 4) is 11.5 Å². The summed E-state index contributed by atoms with van der Waals surface area (Å²) in [5, 5.41) is 7.05. The number of benzene rings is 1. The van der Waals surface area contributed by atoms with Crippen molar-refractivity contribution in [1.82, 2.24) is 10.6 Å². The van der Waals surface area contributed by atoms with E-state index in [1.165, 1.54) is 18.4 Å². The molecule has 27 heavy (non-hydrogen) atoms. The second kappa shape index (κ2) is 9.31. The Morgan fingerprint density at radius 3 is 2.56 bits per heavy atom. The highest BCUT2D eigenvalue weighted by atomic mass is 16.7. The molecule has 0 aromatic heterocycles. The standard InChI is InChI=1S/C21H33N3O3/c1-4-16(5-2)13-23-20(22-3)24-14-21(8-10-25-11-9-21)17-6-7-18-19(12-17)27-15-26-18/h6-7,12,16H,4-5,8-11,13-15H2,1-3H3,(H2,22,23,24). The Labute approximate surface area is 162 Å². The number of nitrogens with zero attached hydrogens (tertiary/aromatic N) is 1. The Hall–Kier alpha value is -1.95. The molecule has 1 aromatic rings. The highest BCUT2D eigenvalue weighted by molar-refractivity contribution is 5.79. The maximum Gasteiger partial charge on any atom is 0.231 e. The van der Waals surface area contributed by atoms with E-state index >= 15 is 0 Å². The van der Waals surface area contributed by atoms with E-state index in [9.17, 15) is 0 Å². The Morgan fingerprint density at radius 1 is 1.11 bits per heavy atom. The molecule has 0 atom stereocenters. The largest absolute Gasteiger partial charge is 0.454 e. The van der Waals surface area contributed by atoms with Crippen LogP contribution in [0.2, 0.25) is 0 Å². The first-order chi connectivity index (χ1) is 13.2. The molecule has 2 aliphatic rings. The van der Waals surface area contributed by atoms with Crippen LogP contribution in [0.4, 0.5) is 0 Å². The summed E-state index contributed by atoms with van der Waals surface area (Å²) in [4.78, 5) is 4.41. The third-order valence-electron chi connectivity index (χ3n) is 5.97. The monoisotopic (exact) mass is 375 g/mol. The molecule has 2 aliphatic heterocycles. The van der Waals surface area contributed by atoms with E-state index in [4.69, 9.17) is 14.2 Å². The number of rotatable bonds is 7. The van der Waals surface area contributed by atoms with Crippen LogP contribution in [0.25, 0.3) is 0 Å². The van der Waals surface area contributed by atoms with Crippen LogP contribution in [0.3, 0.4) is 0 Å². The van der Waals surface area contributed by atoms with Crippen molar-refractivity contribution in [2.45, 2.75) is 44.9 Å². The van der Waals surface area contributed by atoms with Crippen molar-refractivity contribution in [3.05, 3.63) is 23.8 Å². The number of aliphatic imine (C=N–C) groups is 1. The molecule has 6 heteroatoms. The molecule has 0 saturated carbocycles. The molecule has 1 saturated heterocycles. The predicted octanol–water partition coefficient (Wildman–Crippen LogP) is 3.06. The predicted molar refractivity (Wildman–Crippen MR) is 108 cm³/mol. The highest BCUT2D eigenvalue weighted by Gasteiger charge is 2.35. The van der Waals surface area contributed by atoms with E-state index in [0.29, 0.717) is 12.7 Å². The summed E-state index contributed by atoms with van der Waals surface area (Å²) in [6.45, 7) is 8.10. The molecule has 6 nitrogen and oxygen atoms in total. The van der Waals surface area contributed by atoms with Gasteiger partial charge in [0.25, 0.3) is 0 Å². The summed E-state index contributed by atoms with van der Waals surface area (Å²) in [5.41, 5.74) is 1.28. The van der Waals surface area contributed by atoms with Gasteiger partial charge in [-0.25, -0.2) is 0 Å². The van der Waals surface area contributed by atoms with Crippen LogP contribution >= 0.6 is 0 Å². The third kappa shape index (κ3) is 4.67. The number of guanidine groups is 1. The number of fused-ring (bicyclic) bond motifs is 1. The van der Waals surface area contributed by atoms with Crippen molar-refractivity contribution < 1.29 is 14.2 Å². The van der Waals surface area contributed by atoms with Gasteiger partial charge in [-0.05, 0) is 36.5 Å². The molecule has 0 spiro atoms. The minimum Gasteiger partial charge on any atom is -0.454 e. The molecule has 1 fully saturated rings. The van der Waals surface area contributed by atoms with E-state index < -0.39 is 0 Å². The van der Waals surface area contributed by atoms with Crippen molar-refractivity contribution >= 4 is 5.96 Å². The Balaban J connectivity index is 1.69. The van der Waals surface area contributed by atoms with Gasteiger partial charge in [-0.15, -0.1) is 0 Å². The van der Waals surface area contributed by atoms with Gasteiger partial charge in [-0.3, -0.25) is 4.99 Å². The molecular weight excluding hydrogens is 342 g/mol. The molecule has 3 rings (SSSR count). The molecule has 2 N–H and O–H groups in total. The summed E-state index contributed by atoms with van der Waals surface area (Å²) in [7, 11) is 1.83. The number of hydrogen-bond acceptors (Lipinski definition) is 4. The van der Waals surface area contributed by atoms with Crippen molar-refractivity contribution in [2.75, 3.05) is 40.1 Å². The number of hydrogen-bond donors (Lipinski definition) is 2. The Bertz CT molecular complexity index is 638. The molecular formula is C21H33N3O3. The lowest BCUT2D eigenvalue weighted by atomic mass is 9.74. The molecule has 0 unspecified atom stereocenters. The van der Waals surface area contributed by atoms with Gasteiger partial charge in [0.1, 0.15) is 0 Å². The minimum atomic E-state index is 0.00572. The zero-order valence-electron chi connectivity index (χ0n) is 16.8. The highest BCUT2D eigenvalue weighted by Crippen LogP contribution is 2.40. The topological polar surface area (TPSA) is 64.1 Å². The van der Waals surface area contributed by atoms with Crippen molar-refractivity contribution in [2.24, 2.45) is 10.9 Å². The van der Waals surface area contributed by atoms with Crippen molar-refractivity contribution in [1.29, 1.82) is 0 Å². The lowest BCUT2D eigenvalue weighted by molar-refractivity contribution is 0.0513. The first-order valence-corrected chi connectivity index (χ1v) is 10.1. The smallest absolute Gasteiger partial charge is 0.231 e. The van der Waals surface area contributed by atoms with Crippen LogP contribution in [0.15, 0.2) is 23.2 Å². The van der Waals surface area contributed by atoms with Gasteiger partial charge in [0, 0.05) is 38.8 Å². The SMILES string of the molecule is CCC(CC)CNC(=NC)NCC1(c2ccc3c(c2)OCO3)CCOCC1. The van der Waals surface area contributed by atoms with E-state index in [0.717, 1.165) is 56.6 Å². The molecule has 2 heterocycles. The average Bonchev–Trinajstić information content (AvgIpc) is 3.19. The maximum absolute atomic E-state index is 5.65. The Kier molecular flexibility index (Phi) is 6.83. The number of ether oxygens (including phenoxy) is 3. The van der Waals surface area contributed by atoms with E-state index in [-0.39, 0.29) is 5.41 Å². The number of nitrogens with one attached hydrogen (secondary N) is 2. The molecule has 1 aromatic carbocycles. The van der Waals surface area contributed by atoms with Crippen LogP contribution < -0.4 is 20.1 Å².